The highest BCUT2D eigenvalue weighted by Gasteiger charge is 2.80. The Morgan fingerprint density at radius 1 is 1.16 bits per heavy atom. The molecule has 1 aromatic rings. The van der Waals surface area contributed by atoms with E-state index < -0.39 is 28.6 Å². The molecule has 0 amide bonds. The van der Waals surface area contributed by atoms with Crippen LogP contribution < -0.4 is 0 Å². The van der Waals surface area contributed by atoms with E-state index in [1.165, 1.54) is 0 Å². The molecule has 3 aliphatic heterocycles. The van der Waals surface area contributed by atoms with Crippen LogP contribution >= 0.6 is 0 Å². The zero-order valence-corrected chi connectivity index (χ0v) is 13.4. The first kappa shape index (κ1) is 15.6. The van der Waals surface area contributed by atoms with Gasteiger partial charge in [-0.1, -0.05) is 12.5 Å². The summed E-state index contributed by atoms with van der Waals surface area (Å²) in [6.07, 6.45) is 3.24. The molecule has 4 aliphatic rings. The van der Waals surface area contributed by atoms with Gasteiger partial charge < -0.3 is 9.47 Å². The molecule has 2 bridgehead atoms. The van der Waals surface area contributed by atoms with Gasteiger partial charge in [-0.2, -0.15) is 15.8 Å². The summed E-state index contributed by atoms with van der Waals surface area (Å²) >= 11 is 0. The van der Waals surface area contributed by atoms with Gasteiger partial charge in [0.25, 0.3) is 0 Å². The minimum absolute atomic E-state index is 0.363. The molecular weight excluding hydrogens is 318 g/mol. The predicted octanol–water partition coefficient (Wildman–Crippen LogP) is 2.59. The quantitative estimate of drug-likeness (QED) is 0.841. The highest BCUT2D eigenvalue weighted by molar-refractivity contribution is 5.88. The van der Waals surface area contributed by atoms with Crippen LogP contribution in [0.3, 0.4) is 0 Å². The van der Waals surface area contributed by atoms with E-state index in [1.807, 2.05) is 0 Å². The lowest BCUT2D eigenvalue weighted by Crippen LogP contribution is -2.73. The zero-order valence-electron chi connectivity index (χ0n) is 13.4. The Morgan fingerprint density at radius 3 is 2.60 bits per heavy atom. The molecule has 4 heterocycles. The molecule has 1 aromatic heterocycles. The number of nitriles is 3. The van der Waals surface area contributed by atoms with E-state index in [1.54, 1.807) is 24.4 Å². The Balaban J connectivity index is 2.02. The number of fused-ring (bicyclic) bond motifs is 2. The molecule has 1 spiro atoms. The first-order chi connectivity index (χ1) is 12.1. The maximum atomic E-state index is 10.1. The highest BCUT2D eigenvalue weighted by atomic mass is 16.7. The van der Waals surface area contributed by atoms with Crippen LogP contribution in [0.15, 0.2) is 24.4 Å². The van der Waals surface area contributed by atoms with E-state index in [-0.39, 0.29) is 5.90 Å². The van der Waals surface area contributed by atoms with Crippen molar-refractivity contribution in [3.05, 3.63) is 30.1 Å². The molecule has 25 heavy (non-hydrogen) atoms. The number of hydrogen-bond acceptors (Lipinski definition) is 7. The fourth-order valence-corrected chi connectivity index (χ4v) is 4.64. The molecule has 1 N–H and O–H groups in total. The smallest absolute Gasteiger partial charge is 0.218 e. The standard InChI is InChI=1S/C18H15N5O2/c19-9-16(10-20)13-6-1-3-7-18(13)24-14(12-5-2-4-8-23-12)17(16,11-21)15(22)25-18/h2,4-5,8,13-14,22H,1,3,6-7H2/t13-,14-,17-,18-/m1/s1. The maximum Gasteiger partial charge on any atom is 0.218 e. The number of nitrogens with zero attached hydrogens (tertiary/aromatic N) is 4. The molecule has 0 aromatic carbocycles. The summed E-state index contributed by atoms with van der Waals surface area (Å²) in [5.41, 5.74) is -3.12. The van der Waals surface area contributed by atoms with Gasteiger partial charge >= 0.3 is 0 Å². The molecule has 124 valence electrons. The van der Waals surface area contributed by atoms with Gasteiger partial charge in [-0.3, -0.25) is 10.4 Å². The van der Waals surface area contributed by atoms with Crippen LogP contribution in [0.1, 0.15) is 37.5 Å². The van der Waals surface area contributed by atoms with E-state index >= 15 is 0 Å². The van der Waals surface area contributed by atoms with Gasteiger partial charge in [0.05, 0.1) is 29.8 Å². The maximum absolute atomic E-state index is 10.1. The Labute approximate surface area is 144 Å². The second-order valence-electron chi connectivity index (χ2n) is 6.75. The molecule has 1 aliphatic carbocycles. The second kappa shape index (κ2) is 5.02. The van der Waals surface area contributed by atoms with Crippen molar-refractivity contribution in [3.63, 3.8) is 0 Å². The number of pyridine rings is 1. The molecule has 5 rings (SSSR count). The van der Waals surface area contributed by atoms with Crippen LogP contribution in [-0.4, -0.2) is 16.7 Å². The summed E-state index contributed by atoms with van der Waals surface area (Å²) in [6.45, 7) is 0. The number of hydrogen-bond donors (Lipinski definition) is 1. The molecule has 7 heteroatoms. The van der Waals surface area contributed by atoms with Gasteiger partial charge in [0, 0.05) is 12.6 Å². The average Bonchev–Trinajstić information content (AvgIpc) is 2.66. The first-order valence-electron chi connectivity index (χ1n) is 8.21. The van der Waals surface area contributed by atoms with Crippen molar-refractivity contribution < 1.29 is 9.47 Å². The third kappa shape index (κ3) is 1.60. The molecule has 1 saturated carbocycles. The molecule has 4 fully saturated rings. The summed E-state index contributed by atoms with van der Waals surface area (Å²) in [6, 6.07) is 11.4. The fraction of sp³-hybridized carbons (Fsp3) is 0.500. The van der Waals surface area contributed by atoms with Crippen LogP contribution in [-0.2, 0) is 9.47 Å². The van der Waals surface area contributed by atoms with Crippen molar-refractivity contribution in [2.75, 3.05) is 0 Å². The molecule has 0 unspecified atom stereocenters. The Kier molecular flexibility index (Phi) is 3.13. The molecule has 3 saturated heterocycles. The lowest BCUT2D eigenvalue weighted by atomic mass is 9.48. The molecule has 0 radical (unpaired) electrons. The minimum atomic E-state index is -1.84. The topological polar surface area (TPSA) is 127 Å². The van der Waals surface area contributed by atoms with Gasteiger partial charge in [0.1, 0.15) is 6.10 Å². The summed E-state index contributed by atoms with van der Waals surface area (Å²) < 4.78 is 12.0. The van der Waals surface area contributed by atoms with Crippen molar-refractivity contribution in [1.29, 1.82) is 21.2 Å². The number of aromatic nitrogens is 1. The Hall–Kier alpha value is -2.95. The normalized spacial score (nSPS) is 37.7. The second-order valence-corrected chi connectivity index (χ2v) is 6.75. The summed E-state index contributed by atoms with van der Waals surface area (Å²) in [5.74, 6) is -2.16. The van der Waals surface area contributed by atoms with E-state index in [4.69, 9.17) is 14.9 Å². The van der Waals surface area contributed by atoms with E-state index in [2.05, 4.69) is 23.2 Å². The van der Waals surface area contributed by atoms with Crippen molar-refractivity contribution in [3.8, 4) is 18.2 Å². The average molecular weight is 333 g/mol. The van der Waals surface area contributed by atoms with E-state index in [9.17, 15) is 15.8 Å². The van der Waals surface area contributed by atoms with Crippen LogP contribution in [0.4, 0.5) is 0 Å². The molecular formula is C18H15N5O2. The number of rotatable bonds is 1. The minimum Gasteiger partial charge on any atom is -0.447 e. The van der Waals surface area contributed by atoms with Gasteiger partial charge in [-0.25, -0.2) is 0 Å². The van der Waals surface area contributed by atoms with Crippen LogP contribution in [0, 0.1) is 56.2 Å². The van der Waals surface area contributed by atoms with Crippen molar-refractivity contribution in [1.82, 2.24) is 4.98 Å². The van der Waals surface area contributed by atoms with E-state index in [0.29, 0.717) is 18.5 Å². The number of ether oxygens (including phenoxy) is 2. The Bertz CT molecular complexity index is 850. The van der Waals surface area contributed by atoms with Crippen LogP contribution in [0.5, 0.6) is 0 Å². The molecule has 4 atom stereocenters. The van der Waals surface area contributed by atoms with Crippen molar-refractivity contribution in [2.45, 2.75) is 37.6 Å². The third-order valence-electron chi connectivity index (χ3n) is 5.77. The van der Waals surface area contributed by atoms with Crippen LogP contribution in [0.2, 0.25) is 0 Å². The Morgan fingerprint density at radius 2 is 1.96 bits per heavy atom. The zero-order chi connectivity index (χ0) is 17.7. The van der Waals surface area contributed by atoms with Crippen LogP contribution in [0.25, 0.3) is 0 Å². The predicted molar refractivity (Wildman–Crippen MR) is 83.3 cm³/mol. The van der Waals surface area contributed by atoms with Gasteiger partial charge in [0.2, 0.25) is 11.7 Å². The van der Waals surface area contributed by atoms with Crippen molar-refractivity contribution >= 4 is 5.90 Å². The monoisotopic (exact) mass is 333 g/mol. The van der Waals surface area contributed by atoms with Gasteiger partial charge in [-0.05, 0) is 25.0 Å². The van der Waals surface area contributed by atoms with Gasteiger partial charge in [0.15, 0.2) is 10.8 Å². The van der Waals surface area contributed by atoms with E-state index in [0.717, 1.165) is 12.8 Å². The van der Waals surface area contributed by atoms with Gasteiger partial charge in [-0.15, -0.1) is 0 Å². The summed E-state index contributed by atoms with van der Waals surface area (Å²) in [5, 5.41) is 38.6. The molecule has 7 nitrogen and oxygen atoms in total. The summed E-state index contributed by atoms with van der Waals surface area (Å²) in [7, 11) is 0. The highest BCUT2D eigenvalue weighted by Crippen LogP contribution is 2.69. The SMILES string of the molecule is N#CC1(C#N)[C@H]2CCCC[C@@]23OC(=N)[C@@]1(C#N)[C@@H](c1ccccn1)O3. The number of nitrogens with one attached hydrogen (secondary N) is 1. The lowest BCUT2D eigenvalue weighted by molar-refractivity contribution is -0.361. The summed E-state index contributed by atoms with van der Waals surface area (Å²) in [4.78, 5) is 4.27. The fourth-order valence-electron chi connectivity index (χ4n) is 4.64. The first-order valence-corrected chi connectivity index (χ1v) is 8.21. The van der Waals surface area contributed by atoms with Crippen molar-refractivity contribution in [2.24, 2.45) is 16.7 Å². The third-order valence-corrected chi connectivity index (χ3v) is 5.77. The largest absolute Gasteiger partial charge is 0.447 e. The lowest BCUT2D eigenvalue weighted by Gasteiger charge is -2.63.